The normalized spacial score (nSPS) is 9.61. The van der Waals surface area contributed by atoms with E-state index >= 15 is 0 Å². The number of nitrogens with zero attached hydrogens (tertiary/aromatic N) is 2. The fourth-order valence-corrected chi connectivity index (χ4v) is 1.78. The van der Waals surface area contributed by atoms with Gasteiger partial charge in [0, 0.05) is 18.0 Å². The Morgan fingerprint density at radius 1 is 1.61 bits per heavy atom. The largest absolute Gasteiger partial charge is 0.469 e. The zero-order valence-electron chi connectivity index (χ0n) is 9.47. The van der Waals surface area contributed by atoms with E-state index in [1.165, 1.54) is 13.2 Å². The number of benzene rings is 1. The average molecular weight is 269 g/mol. The molecule has 0 amide bonds. The minimum absolute atomic E-state index is 0.00673. The van der Waals surface area contributed by atoms with Gasteiger partial charge in [-0.1, -0.05) is 0 Å². The van der Waals surface area contributed by atoms with E-state index in [1.807, 2.05) is 6.07 Å². The molecule has 0 aromatic heterocycles. The molecule has 0 unspecified atom stereocenters. The van der Waals surface area contributed by atoms with Gasteiger partial charge in [0.05, 0.1) is 30.1 Å². The lowest BCUT2D eigenvalue weighted by atomic mass is 9.99. The fraction of sp³-hybridized carbons (Fsp3) is 0.273. The highest BCUT2D eigenvalue weighted by atomic mass is 35.5. The lowest BCUT2D eigenvalue weighted by molar-refractivity contribution is -0.384. The van der Waals surface area contributed by atoms with Crippen molar-refractivity contribution in [2.24, 2.45) is 0 Å². The summed E-state index contributed by atoms with van der Waals surface area (Å²) in [6, 6.07) is 4.20. The van der Waals surface area contributed by atoms with Crippen LogP contribution in [0.15, 0.2) is 12.1 Å². The molecule has 0 aliphatic rings. The summed E-state index contributed by atoms with van der Waals surface area (Å²) in [5.41, 5.74) is 0.593. The molecule has 7 heteroatoms. The molecule has 18 heavy (non-hydrogen) atoms. The highest BCUT2D eigenvalue weighted by Crippen LogP contribution is 2.24. The standard InChI is InChI=1S/C11H9ClN2O4/c1-18-11(15)4-7-2-9(14(16)17)3-8(6-13)10(7)5-12/h2-3H,4-5H2,1H3. The summed E-state index contributed by atoms with van der Waals surface area (Å²) < 4.78 is 4.49. The van der Waals surface area contributed by atoms with E-state index in [1.54, 1.807) is 0 Å². The Balaban J connectivity index is 3.36. The summed E-state index contributed by atoms with van der Waals surface area (Å²) in [7, 11) is 1.21. The maximum Gasteiger partial charge on any atom is 0.309 e. The first kappa shape index (κ1) is 13.9. The number of ether oxygens (including phenoxy) is 1. The summed E-state index contributed by atoms with van der Waals surface area (Å²) >= 11 is 5.70. The number of carbonyl (C=O) groups is 1. The van der Waals surface area contributed by atoms with E-state index in [0.717, 1.165) is 6.07 Å². The predicted molar refractivity (Wildman–Crippen MR) is 63.1 cm³/mol. The number of carbonyl (C=O) groups excluding carboxylic acids is 1. The van der Waals surface area contributed by atoms with Crippen LogP contribution in [0, 0.1) is 21.4 Å². The van der Waals surface area contributed by atoms with Crippen molar-refractivity contribution in [2.45, 2.75) is 12.3 Å². The first-order valence-electron chi connectivity index (χ1n) is 4.86. The number of halogens is 1. The van der Waals surface area contributed by atoms with Gasteiger partial charge in [-0.2, -0.15) is 5.26 Å². The van der Waals surface area contributed by atoms with Crippen LogP contribution in [0.5, 0.6) is 0 Å². The monoisotopic (exact) mass is 268 g/mol. The molecule has 1 aromatic carbocycles. The average Bonchev–Trinajstić information content (AvgIpc) is 2.37. The SMILES string of the molecule is COC(=O)Cc1cc([N+](=O)[O-])cc(C#N)c1CCl. The summed E-state index contributed by atoms with van der Waals surface area (Å²) in [5.74, 6) is -0.557. The molecule has 0 saturated heterocycles. The molecule has 94 valence electrons. The molecular formula is C11H9ClN2O4. The van der Waals surface area contributed by atoms with Crippen molar-refractivity contribution >= 4 is 23.3 Å². The van der Waals surface area contributed by atoms with Gasteiger partial charge in [0.1, 0.15) is 0 Å². The van der Waals surface area contributed by atoms with Crippen LogP contribution in [0.3, 0.4) is 0 Å². The lowest BCUT2D eigenvalue weighted by Gasteiger charge is -2.08. The van der Waals surface area contributed by atoms with Crippen LogP contribution < -0.4 is 0 Å². The second-order valence-electron chi connectivity index (χ2n) is 3.39. The second-order valence-corrected chi connectivity index (χ2v) is 3.65. The molecule has 0 heterocycles. The van der Waals surface area contributed by atoms with Gasteiger partial charge < -0.3 is 4.74 Å². The Hall–Kier alpha value is -2.13. The number of nitro benzene ring substituents is 1. The molecule has 0 saturated carbocycles. The quantitative estimate of drug-likeness (QED) is 0.360. The van der Waals surface area contributed by atoms with Crippen molar-refractivity contribution in [3.63, 3.8) is 0 Å². The van der Waals surface area contributed by atoms with Crippen LogP contribution in [0.25, 0.3) is 0 Å². The van der Waals surface area contributed by atoms with Crippen molar-refractivity contribution < 1.29 is 14.5 Å². The van der Waals surface area contributed by atoms with Crippen LogP contribution in [0.1, 0.15) is 16.7 Å². The molecule has 0 aliphatic heterocycles. The number of nitro groups is 1. The van der Waals surface area contributed by atoms with E-state index in [0.29, 0.717) is 11.1 Å². The third-order valence-electron chi connectivity index (χ3n) is 2.35. The first-order valence-corrected chi connectivity index (χ1v) is 5.40. The van der Waals surface area contributed by atoms with Gasteiger partial charge in [-0.15, -0.1) is 11.6 Å². The maximum atomic E-state index is 11.2. The van der Waals surface area contributed by atoms with Crippen LogP contribution in [0.4, 0.5) is 5.69 Å². The number of nitriles is 1. The molecule has 0 aliphatic carbocycles. The van der Waals surface area contributed by atoms with Crippen LogP contribution >= 0.6 is 11.6 Å². The molecule has 1 rings (SSSR count). The molecule has 0 spiro atoms. The van der Waals surface area contributed by atoms with Crippen molar-refractivity contribution in [3.05, 3.63) is 38.9 Å². The highest BCUT2D eigenvalue weighted by Gasteiger charge is 2.18. The fourth-order valence-electron chi connectivity index (χ4n) is 1.46. The van der Waals surface area contributed by atoms with E-state index < -0.39 is 10.9 Å². The molecule has 0 bridgehead atoms. The Morgan fingerprint density at radius 3 is 2.72 bits per heavy atom. The van der Waals surface area contributed by atoms with Crippen LogP contribution in [-0.4, -0.2) is 18.0 Å². The number of hydrogen-bond acceptors (Lipinski definition) is 5. The van der Waals surface area contributed by atoms with Gasteiger partial charge >= 0.3 is 5.97 Å². The number of non-ortho nitro benzene ring substituents is 1. The third-order valence-corrected chi connectivity index (χ3v) is 2.62. The van der Waals surface area contributed by atoms with Crippen molar-refractivity contribution in [1.29, 1.82) is 5.26 Å². The number of hydrogen-bond donors (Lipinski definition) is 0. The van der Waals surface area contributed by atoms with Gasteiger partial charge in [-0.05, 0) is 11.1 Å². The third kappa shape index (κ3) is 2.96. The van der Waals surface area contributed by atoms with E-state index in [2.05, 4.69) is 4.74 Å². The van der Waals surface area contributed by atoms with Crippen molar-refractivity contribution in [2.75, 3.05) is 7.11 Å². The second kappa shape index (κ2) is 5.98. The zero-order chi connectivity index (χ0) is 13.7. The summed E-state index contributed by atoms with van der Waals surface area (Å²) in [5, 5.41) is 19.6. The molecule has 1 aromatic rings. The number of esters is 1. The predicted octanol–water partition coefficient (Wildman–Crippen LogP) is 1.92. The minimum Gasteiger partial charge on any atom is -0.469 e. The first-order chi connectivity index (χ1) is 8.53. The Labute approximate surface area is 108 Å². The van der Waals surface area contributed by atoms with Crippen molar-refractivity contribution in [1.82, 2.24) is 0 Å². The van der Waals surface area contributed by atoms with Crippen LogP contribution in [-0.2, 0) is 21.8 Å². The Kier molecular flexibility index (Phi) is 4.63. The topological polar surface area (TPSA) is 93.2 Å². The summed E-state index contributed by atoms with van der Waals surface area (Å²) in [4.78, 5) is 21.3. The Morgan fingerprint density at radius 2 is 2.28 bits per heavy atom. The number of alkyl halides is 1. The van der Waals surface area contributed by atoms with Gasteiger partial charge in [0.15, 0.2) is 0 Å². The van der Waals surface area contributed by atoms with Gasteiger partial charge in [-0.3, -0.25) is 14.9 Å². The smallest absolute Gasteiger partial charge is 0.309 e. The molecular weight excluding hydrogens is 260 g/mol. The summed E-state index contributed by atoms with van der Waals surface area (Å²) in [6.45, 7) is 0. The minimum atomic E-state index is -0.625. The number of rotatable bonds is 4. The van der Waals surface area contributed by atoms with E-state index in [4.69, 9.17) is 16.9 Å². The zero-order valence-corrected chi connectivity index (χ0v) is 10.2. The van der Waals surface area contributed by atoms with E-state index in [9.17, 15) is 14.9 Å². The van der Waals surface area contributed by atoms with Crippen molar-refractivity contribution in [3.8, 4) is 6.07 Å². The van der Waals surface area contributed by atoms with Gasteiger partial charge in [-0.25, -0.2) is 0 Å². The molecule has 0 fully saturated rings. The molecule has 6 nitrogen and oxygen atoms in total. The molecule has 0 atom stereocenters. The maximum absolute atomic E-state index is 11.2. The van der Waals surface area contributed by atoms with Crippen LogP contribution in [0.2, 0.25) is 0 Å². The lowest BCUT2D eigenvalue weighted by Crippen LogP contribution is -2.08. The summed E-state index contributed by atoms with van der Waals surface area (Å²) in [6.07, 6.45) is -0.158. The van der Waals surface area contributed by atoms with E-state index in [-0.39, 0.29) is 23.6 Å². The van der Waals surface area contributed by atoms with Gasteiger partial charge in [0.25, 0.3) is 5.69 Å². The molecule has 0 N–H and O–H groups in total. The highest BCUT2D eigenvalue weighted by molar-refractivity contribution is 6.17. The molecule has 0 radical (unpaired) electrons. The van der Waals surface area contributed by atoms with Gasteiger partial charge in [0.2, 0.25) is 0 Å². The Bertz CT molecular complexity index is 537. The number of methoxy groups -OCH3 is 1.